The Morgan fingerprint density at radius 1 is 0.978 bits per heavy atom. The van der Waals surface area contributed by atoms with Crippen LogP contribution in [0, 0.1) is 5.92 Å². The Morgan fingerprint density at radius 2 is 1.69 bits per heavy atom. The van der Waals surface area contributed by atoms with Crippen LogP contribution < -0.4 is 5.32 Å². The van der Waals surface area contributed by atoms with Gasteiger partial charge in [0.05, 0.1) is 6.42 Å². The summed E-state index contributed by atoms with van der Waals surface area (Å²) in [7, 11) is 0. The first-order valence-corrected chi connectivity index (χ1v) is 16.7. The smallest absolute Gasteiger partial charge is 0.310 e. The topological polar surface area (TPSA) is 55.4 Å². The van der Waals surface area contributed by atoms with Gasteiger partial charge in [-0.3, -0.25) is 9.59 Å². The van der Waals surface area contributed by atoms with Crippen molar-refractivity contribution in [3.05, 3.63) is 111 Å². The van der Waals surface area contributed by atoms with Crippen molar-refractivity contribution in [1.29, 1.82) is 0 Å². The molecule has 45 heavy (non-hydrogen) atoms. The summed E-state index contributed by atoms with van der Waals surface area (Å²) < 4.78 is 5.44. The SMILES string of the molecule is C=C(CC[C@H](CC)CNc1ccc(C2=C(c3ccc(Cl)cc3Cl)CCCc3cc(C(C)=O)ccc32)cc1)CC(=O)OC(C)(C)C. The number of Topliss-reactive ketones (excluding diaryl/α,β-unsaturated/α-hetero) is 1. The molecule has 1 N–H and O–H groups in total. The van der Waals surface area contributed by atoms with E-state index in [2.05, 4.69) is 49.2 Å². The number of aryl methyl sites for hydroxylation is 1. The highest BCUT2D eigenvalue weighted by Crippen LogP contribution is 2.42. The first kappa shape index (κ1) is 34.5. The van der Waals surface area contributed by atoms with Gasteiger partial charge in [-0.2, -0.15) is 0 Å². The quantitative estimate of drug-likeness (QED) is 0.121. The first-order chi connectivity index (χ1) is 21.3. The van der Waals surface area contributed by atoms with Gasteiger partial charge in [0.2, 0.25) is 0 Å². The number of allylic oxidation sites excluding steroid dienone is 1. The Morgan fingerprint density at radius 3 is 2.33 bits per heavy atom. The molecule has 6 heteroatoms. The molecule has 0 aliphatic heterocycles. The number of fused-ring (bicyclic) bond motifs is 1. The van der Waals surface area contributed by atoms with Crippen molar-refractivity contribution >= 4 is 51.8 Å². The van der Waals surface area contributed by atoms with Crippen LogP contribution in [0.25, 0.3) is 11.1 Å². The lowest BCUT2D eigenvalue weighted by molar-refractivity contribution is -0.153. The van der Waals surface area contributed by atoms with Crippen LogP contribution in [0.3, 0.4) is 0 Å². The zero-order valence-electron chi connectivity index (χ0n) is 27.2. The third-order valence-corrected chi connectivity index (χ3v) is 8.83. The maximum Gasteiger partial charge on any atom is 0.310 e. The molecule has 0 unspecified atom stereocenters. The summed E-state index contributed by atoms with van der Waals surface area (Å²) >= 11 is 13.0. The maximum absolute atomic E-state index is 12.2. The van der Waals surface area contributed by atoms with E-state index in [0.717, 1.165) is 84.2 Å². The molecule has 3 aromatic carbocycles. The van der Waals surface area contributed by atoms with Gasteiger partial charge >= 0.3 is 5.97 Å². The Bertz CT molecular complexity index is 1580. The number of benzene rings is 3. The zero-order chi connectivity index (χ0) is 32.7. The molecule has 0 fully saturated rings. The normalized spacial score (nSPS) is 13.9. The number of ether oxygens (including phenoxy) is 1. The summed E-state index contributed by atoms with van der Waals surface area (Å²) in [5.41, 5.74) is 8.95. The second-order valence-electron chi connectivity index (χ2n) is 13.0. The minimum Gasteiger partial charge on any atom is -0.460 e. The highest BCUT2D eigenvalue weighted by molar-refractivity contribution is 6.36. The van der Waals surface area contributed by atoms with Crippen molar-refractivity contribution in [3.63, 3.8) is 0 Å². The average molecular weight is 647 g/mol. The highest BCUT2D eigenvalue weighted by atomic mass is 35.5. The van der Waals surface area contributed by atoms with Crippen molar-refractivity contribution < 1.29 is 14.3 Å². The molecule has 0 heterocycles. The Balaban J connectivity index is 1.53. The van der Waals surface area contributed by atoms with Crippen molar-refractivity contribution in [2.75, 3.05) is 11.9 Å². The van der Waals surface area contributed by atoms with E-state index in [1.165, 1.54) is 11.1 Å². The van der Waals surface area contributed by atoms with E-state index in [-0.39, 0.29) is 18.2 Å². The fourth-order valence-corrected chi connectivity index (χ4v) is 6.41. The van der Waals surface area contributed by atoms with Crippen LogP contribution in [0.2, 0.25) is 10.0 Å². The molecular formula is C39H45Cl2NO3. The molecule has 238 valence electrons. The molecule has 1 aliphatic rings. The molecule has 0 saturated carbocycles. The summed E-state index contributed by atoms with van der Waals surface area (Å²) in [4.78, 5) is 24.4. The molecule has 0 radical (unpaired) electrons. The lowest BCUT2D eigenvalue weighted by Crippen LogP contribution is -2.24. The van der Waals surface area contributed by atoms with Gasteiger partial charge in [-0.05, 0) is 129 Å². The molecular weight excluding hydrogens is 601 g/mol. The first-order valence-electron chi connectivity index (χ1n) is 15.9. The minimum absolute atomic E-state index is 0.0710. The van der Waals surface area contributed by atoms with E-state index in [1.54, 1.807) is 13.0 Å². The van der Waals surface area contributed by atoms with Crippen LogP contribution in [-0.4, -0.2) is 23.9 Å². The van der Waals surface area contributed by atoms with Crippen molar-refractivity contribution in [2.24, 2.45) is 5.92 Å². The van der Waals surface area contributed by atoms with Crippen LogP contribution in [-0.2, 0) is 16.0 Å². The van der Waals surface area contributed by atoms with E-state index in [9.17, 15) is 9.59 Å². The van der Waals surface area contributed by atoms with Gasteiger partial charge in [-0.25, -0.2) is 0 Å². The van der Waals surface area contributed by atoms with E-state index in [0.29, 0.717) is 16.0 Å². The van der Waals surface area contributed by atoms with Crippen LogP contribution in [0.5, 0.6) is 0 Å². The highest BCUT2D eigenvalue weighted by Gasteiger charge is 2.23. The molecule has 4 nitrogen and oxygen atoms in total. The number of hydrogen-bond acceptors (Lipinski definition) is 4. The van der Waals surface area contributed by atoms with Crippen molar-refractivity contribution in [1.82, 2.24) is 0 Å². The van der Waals surface area contributed by atoms with E-state index in [4.69, 9.17) is 27.9 Å². The maximum atomic E-state index is 12.2. The molecule has 0 spiro atoms. The molecule has 0 aromatic heterocycles. The Labute approximate surface area is 278 Å². The van der Waals surface area contributed by atoms with E-state index >= 15 is 0 Å². The number of nitrogens with one attached hydrogen (secondary N) is 1. The molecule has 0 saturated heterocycles. The Kier molecular flexibility index (Phi) is 11.7. The number of halogens is 2. The van der Waals surface area contributed by atoms with Crippen molar-refractivity contribution in [3.8, 4) is 0 Å². The van der Waals surface area contributed by atoms with Gasteiger partial charge in [-0.15, -0.1) is 0 Å². The van der Waals surface area contributed by atoms with Gasteiger partial charge in [0.15, 0.2) is 5.78 Å². The van der Waals surface area contributed by atoms with Crippen molar-refractivity contribution in [2.45, 2.75) is 85.2 Å². The molecule has 3 aromatic rings. The molecule has 1 atom stereocenters. The van der Waals surface area contributed by atoms with E-state index in [1.807, 2.05) is 45.0 Å². The molecule has 4 rings (SSSR count). The molecule has 1 aliphatic carbocycles. The van der Waals surface area contributed by atoms with Crippen LogP contribution in [0.15, 0.2) is 72.8 Å². The van der Waals surface area contributed by atoms with Gasteiger partial charge < -0.3 is 10.1 Å². The Hall–Kier alpha value is -3.34. The standard InChI is InChI=1S/C39H45Cl2NO3/c1-7-27(12-11-25(2)21-37(44)45-39(4,5)6)24-42-32-17-13-28(14-18-32)38-33-19-15-29(26(3)43)22-30(33)9-8-10-35(38)34-20-16-31(40)23-36(34)41/h13-20,22-23,27,42H,2,7-12,21,24H2,1,3-6H3/t27-/m0/s1. The van der Waals surface area contributed by atoms with Crippen LogP contribution in [0.4, 0.5) is 5.69 Å². The fourth-order valence-electron chi connectivity index (χ4n) is 5.89. The lowest BCUT2D eigenvalue weighted by Gasteiger charge is -2.21. The number of rotatable bonds is 12. The number of carbonyl (C=O) groups excluding carboxylic acids is 2. The van der Waals surface area contributed by atoms with Crippen LogP contribution in [0.1, 0.15) is 106 Å². The van der Waals surface area contributed by atoms with Gasteiger partial charge in [0.25, 0.3) is 0 Å². The van der Waals surface area contributed by atoms with Gasteiger partial charge in [0.1, 0.15) is 5.60 Å². The monoisotopic (exact) mass is 645 g/mol. The predicted octanol–water partition coefficient (Wildman–Crippen LogP) is 11.0. The summed E-state index contributed by atoms with van der Waals surface area (Å²) in [6.07, 6.45) is 5.75. The number of hydrogen-bond donors (Lipinski definition) is 1. The summed E-state index contributed by atoms with van der Waals surface area (Å²) in [5, 5.41) is 4.87. The summed E-state index contributed by atoms with van der Waals surface area (Å²) in [6, 6.07) is 20.4. The molecule has 0 bridgehead atoms. The van der Waals surface area contributed by atoms with Gasteiger partial charge in [0, 0.05) is 27.8 Å². The number of anilines is 1. The van der Waals surface area contributed by atoms with Crippen LogP contribution >= 0.6 is 23.2 Å². The predicted molar refractivity (Wildman–Crippen MR) is 189 cm³/mol. The summed E-state index contributed by atoms with van der Waals surface area (Å²) in [6.45, 7) is 14.4. The second kappa shape index (κ2) is 15.3. The van der Waals surface area contributed by atoms with E-state index < -0.39 is 5.60 Å². The third kappa shape index (κ3) is 9.58. The number of carbonyl (C=O) groups is 2. The minimum atomic E-state index is -0.484. The fraction of sp³-hybridized carbons (Fsp3) is 0.385. The lowest BCUT2D eigenvalue weighted by atomic mass is 9.87. The largest absolute Gasteiger partial charge is 0.460 e. The zero-order valence-corrected chi connectivity index (χ0v) is 28.7. The number of ketones is 1. The van der Waals surface area contributed by atoms with Gasteiger partial charge in [-0.1, -0.05) is 79.0 Å². The third-order valence-electron chi connectivity index (χ3n) is 8.28. The molecule has 0 amide bonds. The average Bonchev–Trinajstić information content (AvgIpc) is 3.15. The second-order valence-corrected chi connectivity index (χ2v) is 13.9. The summed E-state index contributed by atoms with van der Waals surface area (Å²) in [5.74, 6) is 0.304. The number of esters is 1.